The number of carbonyl (C=O) groups excluding carboxylic acids is 1. The maximum absolute atomic E-state index is 11.1. The molecule has 16 heavy (non-hydrogen) atoms. The zero-order valence-corrected chi connectivity index (χ0v) is 10.2. The van der Waals surface area contributed by atoms with E-state index in [2.05, 4.69) is 9.72 Å². The summed E-state index contributed by atoms with van der Waals surface area (Å²) in [4.78, 5) is 15.0. The molecule has 2 unspecified atom stereocenters. The first-order valence-corrected chi connectivity index (χ1v) is 6.04. The maximum atomic E-state index is 11.1. The number of aromatic nitrogens is 1. The van der Waals surface area contributed by atoms with Gasteiger partial charge in [0, 0.05) is 23.7 Å². The van der Waals surface area contributed by atoms with Crippen LogP contribution in [0.1, 0.15) is 17.7 Å². The van der Waals surface area contributed by atoms with Crippen LogP contribution in [0.5, 0.6) is 0 Å². The van der Waals surface area contributed by atoms with E-state index in [0.29, 0.717) is 5.75 Å². The van der Waals surface area contributed by atoms with Crippen molar-refractivity contribution >= 4 is 17.7 Å². The summed E-state index contributed by atoms with van der Waals surface area (Å²) in [5.74, 6) is 0.0788. The van der Waals surface area contributed by atoms with Crippen molar-refractivity contribution in [2.75, 3.05) is 12.9 Å². The zero-order valence-electron chi connectivity index (χ0n) is 9.42. The third-order valence-corrected chi connectivity index (χ3v) is 3.58. The van der Waals surface area contributed by atoms with Crippen LogP contribution in [0.4, 0.5) is 0 Å². The van der Waals surface area contributed by atoms with E-state index in [1.165, 1.54) is 18.9 Å². The predicted molar refractivity (Wildman–Crippen MR) is 65.1 cm³/mol. The van der Waals surface area contributed by atoms with Gasteiger partial charge in [0.1, 0.15) is 0 Å². The summed E-state index contributed by atoms with van der Waals surface area (Å²) in [6.07, 6.45) is 3.45. The van der Waals surface area contributed by atoms with Crippen LogP contribution in [0.25, 0.3) is 0 Å². The van der Waals surface area contributed by atoms with Gasteiger partial charge in [0.25, 0.3) is 0 Å². The Labute approximate surface area is 99.6 Å². The van der Waals surface area contributed by atoms with E-state index in [0.717, 1.165) is 5.56 Å². The molecule has 0 fully saturated rings. The molecule has 0 aliphatic heterocycles. The van der Waals surface area contributed by atoms with E-state index in [-0.39, 0.29) is 17.3 Å². The minimum atomic E-state index is -0.232. The number of methoxy groups -OCH3 is 1. The lowest BCUT2D eigenvalue weighted by molar-refractivity contribution is -0.137. The van der Waals surface area contributed by atoms with E-state index in [1.807, 2.05) is 19.1 Å². The van der Waals surface area contributed by atoms with Crippen molar-refractivity contribution in [2.24, 2.45) is 5.73 Å². The van der Waals surface area contributed by atoms with Crippen molar-refractivity contribution in [2.45, 2.75) is 18.2 Å². The zero-order chi connectivity index (χ0) is 12.0. The average Bonchev–Trinajstić information content (AvgIpc) is 2.30. The third-order valence-electron chi connectivity index (χ3n) is 2.12. The molecule has 1 rings (SSSR count). The van der Waals surface area contributed by atoms with Gasteiger partial charge in [0.05, 0.1) is 12.9 Å². The van der Waals surface area contributed by atoms with Gasteiger partial charge in [0.15, 0.2) is 0 Å². The number of carbonyl (C=O) groups is 1. The molecule has 5 heteroatoms. The fourth-order valence-corrected chi connectivity index (χ4v) is 2.41. The Bertz CT molecular complexity index is 330. The summed E-state index contributed by atoms with van der Waals surface area (Å²) in [5, 5.41) is 0.0853. The highest BCUT2D eigenvalue weighted by Crippen LogP contribution is 2.30. The summed E-state index contributed by atoms with van der Waals surface area (Å²) < 4.78 is 4.60. The summed E-state index contributed by atoms with van der Waals surface area (Å²) in [7, 11) is 1.39. The normalized spacial score (nSPS) is 14.2. The highest BCUT2D eigenvalue weighted by atomic mass is 32.2. The molecule has 0 aliphatic carbocycles. The Morgan fingerprint density at radius 2 is 2.19 bits per heavy atom. The van der Waals surface area contributed by atoms with Crippen molar-refractivity contribution < 1.29 is 9.53 Å². The first kappa shape index (κ1) is 13.0. The molecule has 1 aromatic heterocycles. The van der Waals surface area contributed by atoms with Gasteiger partial charge < -0.3 is 10.5 Å². The number of hydrogen-bond donors (Lipinski definition) is 1. The summed E-state index contributed by atoms with van der Waals surface area (Å²) >= 11 is 1.49. The van der Waals surface area contributed by atoms with Crippen LogP contribution < -0.4 is 5.73 Å². The van der Waals surface area contributed by atoms with Crippen molar-refractivity contribution in [3.63, 3.8) is 0 Å². The van der Waals surface area contributed by atoms with E-state index < -0.39 is 0 Å². The van der Waals surface area contributed by atoms with Crippen LogP contribution >= 0.6 is 11.8 Å². The molecule has 88 valence electrons. The molecule has 0 aromatic carbocycles. The molecular formula is C11H16N2O2S. The fourth-order valence-electron chi connectivity index (χ4n) is 1.32. The molecule has 0 amide bonds. The van der Waals surface area contributed by atoms with Gasteiger partial charge in [-0.25, -0.2) is 0 Å². The maximum Gasteiger partial charge on any atom is 0.315 e. The van der Waals surface area contributed by atoms with Gasteiger partial charge in [-0.05, 0) is 24.6 Å². The topological polar surface area (TPSA) is 65.2 Å². The first-order chi connectivity index (χ1) is 7.65. The largest absolute Gasteiger partial charge is 0.468 e. The summed E-state index contributed by atoms with van der Waals surface area (Å²) in [6, 6.07) is 3.80. The molecule has 0 spiro atoms. The predicted octanol–water partition coefficient (Wildman–Crippen LogP) is 1.38. The number of nitrogens with zero attached hydrogens (tertiary/aromatic N) is 1. The molecular weight excluding hydrogens is 224 g/mol. The molecule has 0 radical (unpaired) electrons. The standard InChI is InChI=1S/C11H16N2O2S/c1-8(12)11(16-7-10(14)15-2)9-3-5-13-6-4-9/h3-6,8,11H,7,12H2,1-2H3. The smallest absolute Gasteiger partial charge is 0.315 e. The monoisotopic (exact) mass is 240 g/mol. The van der Waals surface area contributed by atoms with Gasteiger partial charge >= 0.3 is 5.97 Å². The van der Waals surface area contributed by atoms with Crippen molar-refractivity contribution in [3.8, 4) is 0 Å². The number of rotatable bonds is 5. The molecule has 2 N–H and O–H groups in total. The molecule has 4 nitrogen and oxygen atoms in total. The minimum absolute atomic E-state index is 0.0305. The fraction of sp³-hybridized carbons (Fsp3) is 0.455. The number of ether oxygens (including phenoxy) is 1. The van der Waals surface area contributed by atoms with Crippen molar-refractivity contribution in [3.05, 3.63) is 30.1 Å². The Balaban J connectivity index is 2.66. The van der Waals surface area contributed by atoms with Crippen LogP contribution in [0.2, 0.25) is 0 Å². The van der Waals surface area contributed by atoms with Crippen LogP contribution in [0.3, 0.4) is 0 Å². The molecule has 1 heterocycles. The minimum Gasteiger partial charge on any atom is -0.468 e. The van der Waals surface area contributed by atoms with Crippen LogP contribution in [-0.4, -0.2) is 29.9 Å². The van der Waals surface area contributed by atoms with Gasteiger partial charge in [-0.3, -0.25) is 9.78 Å². The molecule has 2 atom stereocenters. The van der Waals surface area contributed by atoms with Crippen molar-refractivity contribution in [1.29, 1.82) is 0 Å². The number of thioether (sulfide) groups is 1. The quantitative estimate of drug-likeness (QED) is 0.788. The van der Waals surface area contributed by atoms with E-state index in [1.54, 1.807) is 12.4 Å². The number of nitrogens with two attached hydrogens (primary N) is 1. The summed E-state index contributed by atoms with van der Waals surface area (Å²) in [6.45, 7) is 1.93. The molecule has 0 saturated heterocycles. The van der Waals surface area contributed by atoms with Gasteiger partial charge in [-0.2, -0.15) is 0 Å². The van der Waals surface area contributed by atoms with E-state index >= 15 is 0 Å². The Morgan fingerprint density at radius 3 is 2.69 bits per heavy atom. The lowest BCUT2D eigenvalue weighted by Crippen LogP contribution is -2.23. The SMILES string of the molecule is COC(=O)CSC(c1ccncc1)C(C)N. The Kier molecular flexibility index (Phi) is 5.28. The third kappa shape index (κ3) is 3.83. The highest BCUT2D eigenvalue weighted by molar-refractivity contribution is 8.00. The molecule has 0 saturated carbocycles. The van der Waals surface area contributed by atoms with Crippen LogP contribution in [0.15, 0.2) is 24.5 Å². The second kappa shape index (κ2) is 6.50. The average molecular weight is 240 g/mol. The Morgan fingerprint density at radius 1 is 1.56 bits per heavy atom. The molecule has 0 bridgehead atoms. The van der Waals surface area contributed by atoms with Gasteiger partial charge in [-0.1, -0.05) is 0 Å². The van der Waals surface area contributed by atoms with Crippen LogP contribution in [0, 0.1) is 0 Å². The highest BCUT2D eigenvalue weighted by Gasteiger charge is 2.18. The summed E-state index contributed by atoms with van der Waals surface area (Å²) in [5.41, 5.74) is 6.99. The first-order valence-electron chi connectivity index (χ1n) is 4.99. The molecule has 1 aromatic rings. The second-order valence-electron chi connectivity index (χ2n) is 3.45. The van der Waals surface area contributed by atoms with E-state index in [9.17, 15) is 4.79 Å². The number of esters is 1. The van der Waals surface area contributed by atoms with Crippen molar-refractivity contribution in [1.82, 2.24) is 4.98 Å². The van der Waals surface area contributed by atoms with Gasteiger partial charge in [0.2, 0.25) is 0 Å². The molecule has 0 aliphatic rings. The van der Waals surface area contributed by atoms with Gasteiger partial charge in [-0.15, -0.1) is 11.8 Å². The van der Waals surface area contributed by atoms with Crippen LogP contribution in [-0.2, 0) is 9.53 Å². The Hall–Kier alpha value is -1.07. The lowest BCUT2D eigenvalue weighted by Gasteiger charge is -2.19. The number of pyridine rings is 1. The van der Waals surface area contributed by atoms with E-state index in [4.69, 9.17) is 5.73 Å². The number of hydrogen-bond acceptors (Lipinski definition) is 5. The second-order valence-corrected chi connectivity index (χ2v) is 4.58. The lowest BCUT2D eigenvalue weighted by atomic mass is 10.1.